The number of aliphatic carboxylic acids is 1. The van der Waals surface area contributed by atoms with Crippen molar-refractivity contribution in [1.29, 1.82) is 0 Å². The van der Waals surface area contributed by atoms with E-state index in [1.54, 1.807) is 0 Å². The van der Waals surface area contributed by atoms with Gasteiger partial charge in [0, 0.05) is 12.7 Å². The standard InChI is InChI=1S/C13H15ClFN3O3/c1-2-3-9-6-18(13(21)17(9)7-11(19)20)12-10(15)4-8(14)5-16-12/h4-5,9H,2-3,6-7H2,1H3,(H,19,20)/t9-/m0/s1. The number of carbonyl (C=O) groups excluding carboxylic acids is 1. The largest absolute Gasteiger partial charge is 0.480 e. The van der Waals surface area contributed by atoms with Gasteiger partial charge in [0.05, 0.1) is 11.1 Å². The van der Waals surface area contributed by atoms with E-state index in [0.717, 1.165) is 17.4 Å². The van der Waals surface area contributed by atoms with Crippen LogP contribution < -0.4 is 4.90 Å². The van der Waals surface area contributed by atoms with Crippen LogP contribution in [0.25, 0.3) is 0 Å². The molecule has 2 amide bonds. The second-order valence-electron chi connectivity index (χ2n) is 4.82. The molecule has 2 heterocycles. The summed E-state index contributed by atoms with van der Waals surface area (Å²) in [5.41, 5.74) is 0. The highest BCUT2D eigenvalue weighted by Crippen LogP contribution is 2.27. The molecular formula is C13H15ClFN3O3. The number of carboxylic acids is 1. The molecule has 1 atom stereocenters. The highest BCUT2D eigenvalue weighted by atomic mass is 35.5. The predicted octanol–water partition coefficient (Wildman–Crippen LogP) is 2.37. The maximum atomic E-state index is 13.9. The van der Waals surface area contributed by atoms with E-state index in [-0.39, 0.29) is 23.4 Å². The van der Waals surface area contributed by atoms with Gasteiger partial charge in [-0.2, -0.15) is 0 Å². The van der Waals surface area contributed by atoms with Gasteiger partial charge >= 0.3 is 12.0 Å². The number of urea groups is 1. The SMILES string of the molecule is CCC[C@H]1CN(c2ncc(Cl)cc2F)C(=O)N1CC(=O)O. The molecule has 0 saturated carbocycles. The van der Waals surface area contributed by atoms with Crippen LogP contribution in [-0.2, 0) is 4.79 Å². The van der Waals surface area contributed by atoms with E-state index in [1.807, 2.05) is 6.92 Å². The molecule has 114 valence electrons. The molecule has 0 bridgehead atoms. The molecule has 0 aromatic carbocycles. The van der Waals surface area contributed by atoms with Crippen LogP contribution in [0.3, 0.4) is 0 Å². The van der Waals surface area contributed by atoms with Crippen molar-refractivity contribution in [2.45, 2.75) is 25.8 Å². The monoisotopic (exact) mass is 315 g/mol. The Morgan fingerprint density at radius 2 is 2.33 bits per heavy atom. The summed E-state index contributed by atoms with van der Waals surface area (Å²) >= 11 is 5.64. The first-order valence-electron chi connectivity index (χ1n) is 6.55. The van der Waals surface area contributed by atoms with Gasteiger partial charge in [0.15, 0.2) is 11.6 Å². The average molecular weight is 316 g/mol. The van der Waals surface area contributed by atoms with Gasteiger partial charge in [0.25, 0.3) is 0 Å². The zero-order valence-electron chi connectivity index (χ0n) is 11.4. The van der Waals surface area contributed by atoms with Gasteiger partial charge in [-0.3, -0.25) is 9.69 Å². The maximum Gasteiger partial charge on any atom is 0.326 e. The summed E-state index contributed by atoms with van der Waals surface area (Å²) in [6.07, 6.45) is 2.69. The Balaban J connectivity index is 2.29. The van der Waals surface area contributed by atoms with Crippen molar-refractivity contribution in [1.82, 2.24) is 9.88 Å². The summed E-state index contributed by atoms with van der Waals surface area (Å²) in [7, 11) is 0. The molecule has 21 heavy (non-hydrogen) atoms. The van der Waals surface area contributed by atoms with Gasteiger partial charge in [-0.1, -0.05) is 24.9 Å². The minimum Gasteiger partial charge on any atom is -0.480 e. The summed E-state index contributed by atoms with van der Waals surface area (Å²) in [6, 6.07) is 0.256. The Morgan fingerprint density at radius 1 is 1.62 bits per heavy atom. The first kappa shape index (κ1) is 15.5. The molecule has 2 rings (SSSR count). The number of aromatic nitrogens is 1. The third-order valence-electron chi connectivity index (χ3n) is 3.28. The molecule has 1 aliphatic heterocycles. The van der Waals surface area contributed by atoms with E-state index in [4.69, 9.17) is 16.7 Å². The molecule has 1 N–H and O–H groups in total. The lowest BCUT2D eigenvalue weighted by Gasteiger charge is -2.20. The molecule has 1 saturated heterocycles. The third kappa shape index (κ3) is 3.24. The molecule has 0 spiro atoms. The molecule has 6 nitrogen and oxygen atoms in total. The Bertz CT molecular complexity index is 570. The Hall–Kier alpha value is -1.89. The summed E-state index contributed by atoms with van der Waals surface area (Å²) in [6.45, 7) is 1.74. The third-order valence-corrected chi connectivity index (χ3v) is 3.49. The Morgan fingerprint density at radius 3 is 2.90 bits per heavy atom. The number of hydrogen-bond donors (Lipinski definition) is 1. The average Bonchev–Trinajstić information content (AvgIpc) is 2.68. The number of nitrogens with zero attached hydrogens (tertiary/aromatic N) is 3. The fraction of sp³-hybridized carbons (Fsp3) is 0.462. The quantitative estimate of drug-likeness (QED) is 0.905. The van der Waals surface area contributed by atoms with Gasteiger partial charge in [-0.25, -0.2) is 14.2 Å². The number of halogens is 2. The first-order chi connectivity index (χ1) is 9.93. The van der Waals surface area contributed by atoms with Gasteiger partial charge in [-0.05, 0) is 12.5 Å². The molecule has 0 unspecified atom stereocenters. The number of carboxylic acid groups (broad SMARTS) is 1. The van der Waals surface area contributed by atoms with Crippen molar-refractivity contribution in [3.8, 4) is 0 Å². The Labute approximate surface area is 126 Å². The van der Waals surface area contributed by atoms with E-state index >= 15 is 0 Å². The number of carbonyl (C=O) groups is 2. The summed E-state index contributed by atoms with van der Waals surface area (Å²) in [5.74, 6) is -1.93. The van der Waals surface area contributed by atoms with Gasteiger partial charge in [-0.15, -0.1) is 0 Å². The van der Waals surface area contributed by atoms with E-state index in [1.165, 1.54) is 11.1 Å². The minimum absolute atomic E-state index is 0.126. The Kier molecular flexibility index (Phi) is 4.62. The lowest BCUT2D eigenvalue weighted by molar-refractivity contribution is -0.137. The van der Waals surface area contributed by atoms with Crippen molar-refractivity contribution in [3.05, 3.63) is 23.1 Å². The second kappa shape index (κ2) is 6.26. The van der Waals surface area contributed by atoms with Gasteiger partial charge in [0.1, 0.15) is 6.54 Å². The smallest absolute Gasteiger partial charge is 0.326 e. The molecule has 1 aliphatic rings. The van der Waals surface area contributed by atoms with Gasteiger partial charge < -0.3 is 10.0 Å². The number of amides is 2. The van der Waals surface area contributed by atoms with Crippen LogP contribution >= 0.6 is 11.6 Å². The van der Waals surface area contributed by atoms with Gasteiger partial charge in [0.2, 0.25) is 0 Å². The molecule has 8 heteroatoms. The first-order valence-corrected chi connectivity index (χ1v) is 6.92. The van der Waals surface area contributed by atoms with Crippen molar-refractivity contribution in [2.75, 3.05) is 18.0 Å². The zero-order valence-corrected chi connectivity index (χ0v) is 12.2. The second-order valence-corrected chi connectivity index (χ2v) is 5.25. The van der Waals surface area contributed by atoms with Crippen molar-refractivity contribution >= 4 is 29.4 Å². The van der Waals surface area contributed by atoms with E-state index < -0.39 is 24.4 Å². The van der Waals surface area contributed by atoms with E-state index in [9.17, 15) is 14.0 Å². The summed E-state index contributed by atoms with van der Waals surface area (Å²) in [4.78, 5) is 29.4. The van der Waals surface area contributed by atoms with Crippen molar-refractivity contribution in [2.24, 2.45) is 0 Å². The maximum absolute atomic E-state index is 13.9. The van der Waals surface area contributed by atoms with Crippen LogP contribution in [-0.4, -0.2) is 46.1 Å². The molecule has 1 fully saturated rings. The predicted molar refractivity (Wildman–Crippen MR) is 75.0 cm³/mol. The molecule has 1 aromatic rings. The van der Waals surface area contributed by atoms with Crippen LogP contribution in [0.5, 0.6) is 0 Å². The molecular weight excluding hydrogens is 301 g/mol. The number of hydrogen-bond acceptors (Lipinski definition) is 3. The highest BCUT2D eigenvalue weighted by molar-refractivity contribution is 6.30. The number of rotatable bonds is 5. The minimum atomic E-state index is -1.10. The van der Waals surface area contributed by atoms with E-state index in [2.05, 4.69) is 4.98 Å². The van der Waals surface area contributed by atoms with Crippen LogP contribution in [0, 0.1) is 5.82 Å². The summed E-state index contributed by atoms with van der Waals surface area (Å²) < 4.78 is 13.9. The number of anilines is 1. The summed E-state index contributed by atoms with van der Waals surface area (Å²) in [5, 5.41) is 9.04. The fourth-order valence-corrected chi connectivity index (χ4v) is 2.55. The zero-order chi connectivity index (χ0) is 15.6. The molecule has 1 aromatic heterocycles. The molecule has 0 radical (unpaired) electrons. The van der Waals surface area contributed by atoms with Crippen LogP contribution in [0.4, 0.5) is 15.0 Å². The highest BCUT2D eigenvalue weighted by Gasteiger charge is 2.40. The van der Waals surface area contributed by atoms with Crippen LogP contribution in [0.2, 0.25) is 5.02 Å². The fourth-order valence-electron chi connectivity index (χ4n) is 2.40. The number of pyridine rings is 1. The topological polar surface area (TPSA) is 73.7 Å². The van der Waals surface area contributed by atoms with Crippen molar-refractivity contribution in [3.63, 3.8) is 0 Å². The lowest BCUT2D eigenvalue weighted by atomic mass is 10.1. The van der Waals surface area contributed by atoms with Crippen LogP contribution in [0.15, 0.2) is 12.3 Å². The lowest BCUT2D eigenvalue weighted by Crippen LogP contribution is -2.39. The van der Waals surface area contributed by atoms with E-state index in [0.29, 0.717) is 6.42 Å². The molecule has 0 aliphatic carbocycles. The van der Waals surface area contributed by atoms with Crippen molar-refractivity contribution < 1.29 is 19.1 Å². The normalized spacial score (nSPS) is 18.4. The van der Waals surface area contributed by atoms with Crippen LogP contribution in [0.1, 0.15) is 19.8 Å².